The molecule has 0 radical (unpaired) electrons. The molecule has 1 aromatic carbocycles. The molecule has 0 aliphatic carbocycles. The zero-order valence-electron chi connectivity index (χ0n) is 14.8. The van der Waals surface area contributed by atoms with Gasteiger partial charge in [-0.05, 0) is 25.1 Å². The lowest BCUT2D eigenvalue weighted by Gasteiger charge is -2.16. The van der Waals surface area contributed by atoms with E-state index in [1.54, 1.807) is 0 Å². The van der Waals surface area contributed by atoms with Crippen LogP contribution in [-0.2, 0) is 9.53 Å². The van der Waals surface area contributed by atoms with Gasteiger partial charge in [0.05, 0.1) is 16.8 Å². The molecule has 0 saturated carbocycles. The van der Waals surface area contributed by atoms with Gasteiger partial charge in [0.25, 0.3) is 5.91 Å². The molecular formula is C17H16Cl2F2N4O3. The Morgan fingerprint density at radius 2 is 1.89 bits per heavy atom. The number of ether oxygens (including phenoxy) is 1. The summed E-state index contributed by atoms with van der Waals surface area (Å²) in [5.41, 5.74) is 4.52. The third-order valence-electron chi connectivity index (χ3n) is 3.52. The van der Waals surface area contributed by atoms with E-state index in [1.807, 2.05) is 0 Å². The molecule has 7 nitrogen and oxygen atoms in total. The molecule has 3 N–H and O–H groups in total. The zero-order valence-corrected chi connectivity index (χ0v) is 16.3. The summed E-state index contributed by atoms with van der Waals surface area (Å²) < 4.78 is 32.8. The highest BCUT2D eigenvalue weighted by Gasteiger charge is 2.18. The number of nitrogens with one attached hydrogen (secondary N) is 3. The van der Waals surface area contributed by atoms with E-state index >= 15 is 0 Å². The predicted octanol–water partition coefficient (Wildman–Crippen LogP) is 3.37. The maximum atomic E-state index is 14.5. The van der Waals surface area contributed by atoms with Crippen LogP contribution in [-0.4, -0.2) is 30.6 Å². The van der Waals surface area contributed by atoms with Gasteiger partial charge in [-0.2, -0.15) is 0 Å². The summed E-state index contributed by atoms with van der Waals surface area (Å²) in [6.07, 6.45) is 1.28. The monoisotopic (exact) mass is 432 g/mol. The molecule has 0 saturated heterocycles. The van der Waals surface area contributed by atoms with Crippen LogP contribution in [0.4, 0.5) is 13.6 Å². The first kappa shape index (κ1) is 21.8. The maximum absolute atomic E-state index is 14.5. The Morgan fingerprint density at radius 3 is 2.54 bits per heavy atom. The average molecular weight is 433 g/mol. The summed E-state index contributed by atoms with van der Waals surface area (Å²) >= 11 is 11.7. The minimum absolute atomic E-state index is 0.0688. The van der Waals surface area contributed by atoms with Crippen molar-refractivity contribution >= 4 is 35.1 Å². The molecule has 0 aliphatic heterocycles. The molecule has 2 rings (SSSR count). The fraction of sp³-hybridized carbons (Fsp3) is 0.235. The standard InChI is InChI=1S/C17H16Cl2F2N4O3/c1-8(23-17(27)25-24-14(26)7-28-2)16-13(21)3-9(6-22-16)11-4-10(18)5-12(20)15(11)19/h3-6,8H,7H2,1-2H3,(H,24,26)(H2,23,25,27)/t8-/m1/s1. The second kappa shape index (κ2) is 9.63. The number of carbonyl (C=O) groups excluding carboxylic acids is 2. The Bertz CT molecular complexity index is 899. The second-order valence-corrected chi connectivity index (χ2v) is 6.46. The number of urea groups is 1. The molecule has 0 fully saturated rings. The highest BCUT2D eigenvalue weighted by atomic mass is 35.5. The van der Waals surface area contributed by atoms with E-state index in [-0.39, 0.29) is 33.5 Å². The molecule has 28 heavy (non-hydrogen) atoms. The van der Waals surface area contributed by atoms with Gasteiger partial charge in [0.1, 0.15) is 18.2 Å². The molecule has 0 aliphatic rings. The number of halogens is 4. The van der Waals surface area contributed by atoms with Crippen molar-refractivity contribution in [1.29, 1.82) is 0 Å². The SMILES string of the molecule is COCC(=O)NNC(=O)N[C@H](C)c1ncc(-c2cc(Cl)cc(F)c2Cl)cc1F. The van der Waals surface area contributed by atoms with Crippen molar-refractivity contribution in [3.05, 3.63) is 51.8 Å². The summed E-state index contributed by atoms with van der Waals surface area (Å²) in [6.45, 7) is 1.26. The highest BCUT2D eigenvalue weighted by Crippen LogP contribution is 2.33. The van der Waals surface area contributed by atoms with Crippen LogP contribution in [0.5, 0.6) is 0 Å². The van der Waals surface area contributed by atoms with Gasteiger partial charge in [-0.25, -0.2) is 19.0 Å². The van der Waals surface area contributed by atoms with Crippen molar-refractivity contribution in [2.75, 3.05) is 13.7 Å². The van der Waals surface area contributed by atoms with Gasteiger partial charge >= 0.3 is 6.03 Å². The summed E-state index contributed by atoms with van der Waals surface area (Å²) in [5, 5.41) is 2.30. The topological polar surface area (TPSA) is 92.4 Å². The molecule has 1 heterocycles. The van der Waals surface area contributed by atoms with E-state index in [0.29, 0.717) is 0 Å². The Kier molecular flexibility index (Phi) is 7.50. The van der Waals surface area contributed by atoms with E-state index in [4.69, 9.17) is 23.2 Å². The van der Waals surface area contributed by atoms with Crippen molar-refractivity contribution in [3.8, 4) is 11.1 Å². The highest BCUT2D eigenvalue weighted by molar-refractivity contribution is 6.35. The Hall–Kier alpha value is -2.49. The lowest BCUT2D eigenvalue weighted by atomic mass is 10.1. The first-order chi connectivity index (χ1) is 13.2. The number of carbonyl (C=O) groups is 2. The summed E-state index contributed by atoms with van der Waals surface area (Å²) in [5.74, 6) is -2.05. The maximum Gasteiger partial charge on any atom is 0.334 e. The van der Waals surface area contributed by atoms with Crippen molar-refractivity contribution in [3.63, 3.8) is 0 Å². The number of aromatic nitrogens is 1. The lowest BCUT2D eigenvalue weighted by Crippen LogP contribution is -2.48. The molecule has 0 bridgehead atoms. The number of methoxy groups -OCH3 is 1. The minimum Gasteiger partial charge on any atom is -0.375 e. The number of hydrazine groups is 1. The molecular weight excluding hydrogens is 417 g/mol. The Labute approximate surface area is 169 Å². The van der Waals surface area contributed by atoms with Gasteiger partial charge in [0.15, 0.2) is 0 Å². The fourth-order valence-corrected chi connectivity index (χ4v) is 2.70. The molecule has 150 valence electrons. The largest absolute Gasteiger partial charge is 0.375 e. The number of pyridine rings is 1. The van der Waals surface area contributed by atoms with Crippen LogP contribution >= 0.6 is 23.2 Å². The number of amides is 3. The smallest absolute Gasteiger partial charge is 0.334 e. The third-order valence-corrected chi connectivity index (χ3v) is 4.12. The van der Waals surface area contributed by atoms with Gasteiger partial charge in [-0.1, -0.05) is 23.2 Å². The van der Waals surface area contributed by atoms with Crippen molar-refractivity contribution in [2.24, 2.45) is 0 Å². The molecule has 11 heteroatoms. The lowest BCUT2D eigenvalue weighted by molar-refractivity contribution is -0.125. The van der Waals surface area contributed by atoms with Gasteiger partial charge in [0, 0.05) is 29.5 Å². The van der Waals surface area contributed by atoms with Crippen molar-refractivity contribution in [1.82, 2.24) is 21.2 Å². The number of nitrogens with zero attached hydrogens (tertiary/aromatic N) is 1. The van der Waals surface area contributed by atoms with Crippen LogP contribution in [0.1, 0.15) is 18.7 Å². The molecule has 3 amide bonds. The zero-order chi connectivity index (χ0) is 20.8. The molecule has 0 unspecified atom stereocenters. The van der Waals surface area contributed by atoms with E-state index in [9.17, 15) is 18.4 Å². The van der Waals surface area contributed by atoms with Crippen LogP contribution < -0.4 is 16.2 Å². The van der Waals surface area contributed by atoms with Crippen molar-refractivity contribution in [2.45, 2.75) is 13.0 Å². The quantitative estimate of drug-likeness (QED) is 0.498. The van der Waals surface area contributed by atoms with Gasteiger partial charge < -0.3 is 10.1 Å². The number of benzene rings is 1. The molecule has 0 spiro atoms. The van der Waals surface area contributed by atoms with Crippen LogP contribution in [0.15, 0.2) is 24.4 Å². The summed E-state index contributed by atoms with van der Waals surface area (Å²) in [7, 11) is 1.32. The van der Waals surface area contributed by atoms with Gasteiger partial charge in [0.2, 0.25) is 0 Å². The van der Waals surface area contributed by atoms with Crippen LogP contribution in [0, 0.1) is 11.6 Å². The van der Waals surface area contributed by atoms with Crippen LogP contribution in [0.25, 0.3) is 11.1 Å². The number of hydrogen-bond acceptors (Lipinski definition) is 4. The number of rotatable bonds is 5. The Morgan fingerprint density at radius 1 is 1.18 bits per heavy atom. The van der Waals surface area contributed by atoms with Gasteiger partial charge in [-0.3, -0.25) is 15.2 Å². The van der Waals surface area contributed by atoms with Crippen LogP contribution in [0.2, 0.25) is 10.0 Å². The van der Waals surface area contributed by atoms with E-state index in [1.165, 1.54) is 26.3 Å². The minimum atomic E-state index is -0.833. The Balaban J connectivity index is 2.12. The van der Waals surface area contributed by atoms with Gasteiger partial charge in [-0.15, -0.1) is 0 Å². The predicted molar refractivity (Wildman–Crippen MR) is 99.7 cm³/mol. The average Bonchev–Trinajstić information content (AvgIpc) is 2.63. The van der Waals surface area contributed by atoms with E-state index in [0.717, 1.165) is 12.1 Å². The van der Waals surface area contributed by atoms with E-state index < -0.39 is 29.6 Å². The first-order valence-corrected chi connectivity index (χ1v) is 8.63. The summed E-state index contributed by atoms with van der Waals surface area (Å²) in [6, 6.07) is 1.93. The molecule has 1 aromatic heterocycles. The first-order valence-electron chi connectivity index (χ1n) is 7.87. The molecule has 1 atom stereocenters. The van der Waals surface area contributed by atoms with Crippen molar-refractivity contribution < 1.29 is 23.1 Å². The molecule has 2 aromatic rings. The third kappa shape index (κ3) is 5.51. The van der Waals surface area contributed by atoms with Crippen LogP contribution in [0.3, 0.4) is 0 Å². The van der Waals surface area contributed by atoms with E-state index in [2.05, 4.69) is 25.9 Å². The normalized spacial score (nSPS) is 11.6. The summed E-state index contributed by atoms with van der Waals surface area (Å²) in [4.78, 5) is 26.9. The fourth-order valence-electron chi connectivity index (χ4n) is 2.28. The number of hydrogen-bond donors (Lipinski definition) is 3. The second-order valence-electron chi connectivity index (χ2n) is 5.64.